The molecule has 0 aliphatic carbocycles. The van der Waals surface area contributed by atoms with E-state index in [0.29, 0.717) is 5.56 Å². The highest BCUT2D eigenvalue weighted by Crippen LogP contribution is 2.26. The topological polar surface area (TPSA) is 48.7 Å². The van der Waals surface area contributed by atoms with Gasteiger partial charge in [-0.2, -0.15) is 5.26 Å². The summed E-state index contributed by atoms with van der Waals surface area (Å²) in [4.78, 5) is 4.35. The third-order valence-electron chi connectivity index (χ3n) is 3.38. The maximum Gasteiger partial charge on any atom is 0.103 e. The zero-order valence-corrected chi connectivity index (χ0v) is 12.1. The first-order chi connectivity index (χ1) is 9.65. The number of anilines is 1. The van der Waals surface area contributed by atoms with Crippen LogP contribution in [0.4, 0.5) is 5.69 Å². The second-order valence-corrected chi connectivity index (χ2v) is 4.90. The lowest BCUT2D eigenvalue weighted by Crippen LogP contribution is -2.12. The molecule has 1 heterocycles. The molecule has 3 nitrogen and oxygen atoms in total. The Morgan fingerprint density at radius 1 is 1.25 bits per heavy atom. The fraction of sp³-hybridized carbons (Fsp3) is 0.294. The molecular formula is C17H19N3. The second kappa shape index (κ2) is 6.21. The molecule has 0 saturated heterocycles. The number of rotatable bonds is 4. The van der Waals surface area contributed by atoms with E-state index in [0.717, 1.165) is 23.5 Å². The summed E-state index contributed by atoms with van der Waals surface area (Å²) in [5, 5.41) is 12.8. The SMILES string of the molecule is CCC(Nc1cc(C)nc(C)c1C#N)c1ccccc1. The van der Waals surface area contributed by atoms with Gasteiger partial charge in [-0.05, 0) is 31.9 Å². The van der Waals surface area contributed by atoms with Crippen LogP contribution < -0.4 is 5.32 Å². The van der Waals surface area contributed by atoms with Crippen LogP contribution in [0.25, 0.3) is 0 Å². The van der Waals surface area contributed by atoms with Crippen molar-refractivity contribution in [3.63, 3.8) is 0 Å². The summed E-state index contributed by atoms with van der Waals surface area (Å²) in [6.07, 6.45) is 0.954. The summed E-state index contributed by atoms with van der Waals surface area (Å²) >= 11 is 0. The normalized spacial score (nSPS) is 11.7. The molecule has 1 aromatic carbocycles. The Hall–Kier alpha value is -2.34. The summed E-state index contributed by atoms with van der Waals surface area (Å²) in [6.45, 7) is 5.96. The first-order valence-electron chi connectivity index (χ1n) is 6.85. The number of aryl methyl sites for hydroxylation is 2. The van der Waals surface area contributed by atoms with Gasteiger partial charge in [0.05, 0.1) is 23.0 Å². The van der Waals surface area contributed by atoms with Gasteiger partial charge in [0.1, 0.15) is 6.07 Å². The van der Waals surface area contributed by atoms with Crippen molar-refractivity contribution in [3.05, 3.63) is 58.9 Å². The van der Waals surface area contributed by atoms with Gasteiger partial charge in [0, 0.05) is 5.69 Å². The van der Waals surface area contributed by atoms with Gasteiger partial charge >= 0.3 is 0 Å². The first kappa shape index (κ1) is 14.1. The molecule has 1 aromatic heterocycles. The predicted molar refractivity (Wildman–Crippen MR) is 81.5 cm³/mol. The number of benzene rings is 1. The van der Waals surface area contributed by atoms with Crippen LogP contribution in [0.3, 0.4) is 0 Å². The van der Waals surface area contributed by atoms with E-state index in [1.165, 1.54) is 5.56 Å². The summed E-state index contributed by atoms with van der Waals surface area (Å²) in [5.41, 5.74) is 4.43. The standard InChI is InChI=1S/C17H19N3/c1-4-16(14-8-6-5-7-9-14)20-17-10-12(2)19-13(3)15(17)11-18/h5-10,16H,4H2,1-3H3,(H,19,20). The number of nitriles is 1. The predicted octanol–water partition coefficient (Wildman–Crippen LogP) is 4.13. The number of pyridine rings is 1. The third kappa shape index (κ3) is 2.97. The summed E-state index contributed by atoms with van der Waals surface area (Å²) in [7, 11) is 0. The fourth-order valence-corrected chi connectivity index (χ4v) is 2.38. The van der Waals surface area contributed by atoms with Gasteiger partial charge in [-0.25, -0.2) is 0 Å². The third-order valence-corrected chi connectivity index (χ3v) is 3.38. The molecule has 0 bridgehead atoms. The molecule has 20 heavy (non-hydrogen) atoms. The summed E-state index contributed by atoms with van der Waals surface area (Å²) in [6, 6.07) is 14.7. The molecule has 1 atom stereocenters. The number of nitrogens with one attached hydrogen (secondary N) is 1. The minimum atomic E-state index is 0.199. The average Bonchev–Trinajstić information content (AvgIpc) is 2.45. The minimum Gasteiger partial charge on any atom is -0.377 e. The highest BCUT2D eigenvalue weighted by molar-refractivity contribution is 5.60. The van der Waals surface area contributed by atoms with Crippen LogP contribution in [-0.2, 0) is 0 Å². The molecule has 102 valence electrons. The lowest BCUT2D eigenvalue weighted by Gasteiger charge is -2.20. The van der Waals surface area contributed by atoms with Gasteiger partial charge in [0.25, 0.3) is 0 Å². The van der Waals surface area contributed by atoms with Crippen LogP contribution in [0.5, 0.6) is 0 Å². The molecule has 2 aromatic rings. The molecule has 0 radical (unpaired) electrons. The van der Waals surface area contributed by atoms with Gasteiger partial charge in [0.15, 0.2) is 0 Å². The van der Waals surface area contributed by atoms with Crippen molar-refractivity contribution in [1.82, 2.24) is 4.98 Å². The Labute approximate surface area is 120 Å². The maximum absolute atomic E-state index is 9.32. The largest absolute Gasteiger partial charge is 0.377 e. The van der Waals surface area contributed by atoms with E-state index in [1.807, 2.05) is 38.1 Å². The van der Waals surface area contributed by atoms with Crippen molar-refractivity contribution in [2.45, 2.75) is 33.2 Å². The van der Waals surface area contributed by atoms with E-state index in [1.54, 1.807) is 0 Å². The first-order valence-corrected chi connectivity index (χ1v) is 6.85. The lowest BCUT2D eigenvalue weighted by molar-refractivity contribution is 0.748. The molecular weight excluding hydrogens is 246 g/mol. The highest BCUT2D eigenvalue weighted by atomic mass is 14.9. The molecule has 0 amide bonds. The lowest BCUT2D eigenvalue weighted by atomic mass is 10.0. The van der Waals surface area contributed by atoms with E-state index >= 15 is 0 Å². The molecule has 0 spiro atoms. The van der Waals surface area contributed by atoms with Crippen LogP contribution in [0, 0.1) is 25.2 Å². The Kier molecular flexibility index (Phi) is 4.37. The van der Waals surface area contributed by atoms with Gasteiger partial charge < -0.3 is 5.32 Å². The monoisotopic (exact) mass is 265 g/mol. The van der Waals surface area contributed by atoms with Crippen LogP contribution in [-0.4, -0.2) is 4.98 Å². The molecule has 2 rings (SSSR count). The van der Waals surface area contributed by atoms with E-state index < -0.39 is 0 Å². The van der Waals surface area contributed by atoms with Gasteiger partial charge in [0.2, 0.25) is 0 Å². The van der Waals surface area contributed by atoms with Crippen molar-refractivity contribution < 1.29 is 0 Å². The van der Waals surface area contributed by atoms with Crippen molar-refractivity contribution in [2.75, 3.05) is 5.32 Å². The Balaban J connectivity index is 2.36. The smallest absolute Gasteiger partial charge is 0.103 e. The van der Waals surface area contributed by atoms with Crippen molar-refractivity contribution in [3.8, 4) is 6.07 Å². The van der Waals surface area contributed by atoms with Gasteiger partial charge in [-0.15, -0.1) is 0 Å². The quantitative estimate of drug-likeness (QED) is 0.904. The summed E-state index contributed by atoms with van der Waals surface area (Å²) in [5.74, 6) is 0. The molecule has 1 N–H and O–H groups in total. The molecule has 0 saturated carbocycles. The second-order valence-electron chi connectivity index (χ2n) is 4.90. The molecule has 1 unspecified atom stereocenters. The van der Waals surface area contributed by atoms with Crippen LogP contribution >= 0.6 is 0 Å². The van der Waals surface area contributed by atoms with Crippen molar-refractivity contribution in [1.29, 1.82) is 5.26 Å². The number of hydrogen-bond donors (Lipinski definition) is 1. The van der Waals surface area contributed by atoms with E-state index in [-0.39, 0.29) is 6.04 Å². The highest BCUT2D eigenvalue weighted by Gasteiger charge is 2.13. The Morgan fingerprint density at radius 2 is 1.95 bits per heavy atom. The maximum atomic E-state index is 9.32. The van der Waals surface area contributed by atoms with Gasteiger partial charge in [-0.1, -0.05) is 37.3 Å². The summed E-state index contributed by atoms with van der Waals surface area (Å²) < 4.78 is 0. The molecule has 0 aliphatic rings. The number of aromatic nitrogens is 1. The zero-order valence-electron chi connectivity index (χ0n) is 12.1. The minimum absolute atomic E-state index is 0.199. The van der Waals surface area contributed by atoms with Crippen molar-refractivity contribution in [2.24, 2.45) is 0 Å². The fourth-order valence-electron chi connectivity index (χ4n) is 2.38. The average molecular weight is 265 g/mol. The van der Waals surface area contributed by atoms with Gasteiger partial charge in [-0.3, -0.25) is 4.98 Å². The Bertz CT molecular complexity index is 627. The van der Waals surface area contributed by atoms with Crippen LogP contribution in [0.15, 0.2) is 36.4 Å². The number of nitrogens with zero attached hydrogens (tertiary/aromatic N) is 2. The zero-order chi connectivity index (χ0) is 14.5. The molecule has 0 fully saturated rings. The van der Waals surface area contributed by atoms with Crippen LogP contribution in [0.1, 0.15) is 41.9 Å². The van der Waals surface area contributed by atoms with Crippen molar-refractivity contribution >= 4 is 5.69 Å². The Morgan fingerprint density at radius 3 is 2.55 bits per heavy atom. The molecule has 3 heteroatoms. The van der Waals surface area contributed by atoms with E-state index in [2.05, 4.69) is 35.4 Å². The van der Waals surface area contributed by atoms with E-state index in [9.17, 15) is 5.26 Å². The number of hydrogen-bond acceptors (Lipinski definition) is 3. The van der Waals surface area contributed by atoms with E-state index in [4.69, 9.17) is 0 Å². The molecule has 0 aliphatic heterocycles. The van der Waals surface area contributed by atoms with Crippen LogP contribution in [0.2, 0.25) is 0 Å².